The molecule has 2 amide bonds. The van der Waals surface area contributed by atoms with Crippen LogP contribution in [0.5, 0.6) is 0 Å². The molecule has 0 unspecified atom stereocenters. The van der Waals surface area contributed by atoms with Gasteiger partial charge in [0, 0.05) is 30.6 Å². The van der Waals surface area contributed by atoms with E-state index in [0.29, 0.717) is 6.04 Å². The molecule has 0 aliphatic carbocycles. The van der Waals surface area contributed by atoms with Crippen LogP contribution >= 0.6 is 11.8 Å². The van der Waals surface area contributed by atoms with Crippen LogP contribution < -0.4 is 16.4 Å². The number of ketones is 1. The lowest BCUT2D eigenvalue weighted by Gasteiger charge is -2.50. The molecule has 0 heterocycles. The second-order valence-corrected chi connectivity index (χ2v) is 26.6. The fourth-order valence-corrected chi connectivity index (χ4v) is 16.3. The zero-order valence-electron chi connectivity index (χ0n) is 41.2. The predicted octanol–water partition coefficient (Wildman–Crippen LogP) is 11.0. The average Bonchev–Trinajstić information content (AvgIpc) is 3.34. The fourth-order valence-electron chi connectivity index (χ4n) is 9.49. The van der Waals surface area contributed by atoms with Crippen molar-refractivity contribution in [3.63, 3.8) is 0 Å². The van der Waals surface area contributed by atoms with Crippen molar-refractivity contribution < 1.29 is 23.6 Å². The largest absolute Gasteiger partial charge is 0.516 e. The molecule has 69 heavy (non-hydrogen) atoms. The van der Waals surface area contributed by atoms with Crippen LogP contribution in [0.25, 0.3) is 0 Å². The molecular weight excluding hydrogens is 891 g/mol. The SMILES string of the molecule is C[C@H](NC(=O)[C@@H](N)CSC(c1ccccc1)(c1ccccc1)c1ccccc1)C(=O)C[C@@H](Cc1ccccc1)C(=O)N[C@@H](Cc1ccccc1)C(=O)O[Si](Cc1ccccc1)(C(C)(C)C)C(C)(C)C. The van der Waals surface area contributed by atoms with Crippen LogP contribution in [0.3, 0.4) is 0 Å². The lowest BCUT2D eigenvalue weighted by Crippen LogP contribution is -2.60. The van der Waals surface area contributed by atoms with E-state index in [0.717, 1.165) is 33.4 Å². The highest BCUT2D eigenvalue weighted by Crippen LogP contribution is 2.53. The van der Waals surface area contributed by atoms with Crippen LogP contribution in [0.1, 0.15) is 88.3 Å². The summed E-state index contributed by atoms with van der Waals surface area (Å²) in [6.45, 7) is 14.5. The molecule has 6 aromatic carbocycles. The smallest absolute Gasteiger partial charge is 0.315 e. The molecule has 8 nitrogen and oxygen atoms in total. The molecule has 0 saturated heterocycles. The molecule has 0 bridgehead atoms. The summed E-state index contributed by atoms with van der Waals surface area (Å²) in [6.07, 6.45) is 0.249. The molecule has 6 rings (SSSR count). The topological polar surface area (TPSA) is 128 Å². The lowest BCUT2D eigenvalue weighted by atomic mass is 9.84. The van der Waals surface area contributed by atoms with E-state index < -0.39 is 54.9 Å². The summed E-state index contributed by atoms with van der Waals surface area (Å²) in [5.74, 6) is -2.37. The van der Waals surface area contributed by atoms with E-state index in [4.69, 9.17) is 10.2 Å². The second-order valence-electron chi connectivity index (χ2n) is 20.1. The van der Waals surface area contributed by atoms with E-state index in [2.05, 4.69) is 101 Å². The van der Waals surface area contributed by atoms with Crippen LogP contribution in [0.4, 0.5) is 0 Å². The number of nitrogens with one attached hydrogen (secondary N) is 2. The van der Waals surface area contributed by atoms with Crippen molar-refractivity contribution >= 4 is 43.6 Å². The van der Waals surface area contributed by atoms with E-state index in [-0.39, 0.29) is 40.9 Å². The minimum atomic E-state index is -3.06. The van der Waals surface area contributed by atoms with Crippen molar-refractivity contribution in [2.24, 2.45) is 11.7 Å². The number of Topliss-reactive ketones (excluding diaryl/α,β-unsaturated/α-hetero) is 1. The molecule has 4 N–H and O–H groups in total. The molecule has 10 heteroatoms. The molecule has 6 aromatic rings. The Morgan fingerprint density at radius 1 is 0.551 bits per heavy atom. The first-order chi connectivity index (χ1) is 32.9. The van der Waals surface area contributed by atoms with Gasteiger partial charge < -0.3 is 20.8 Å². The number of thioether (sulfide) groups is 1. The number of carbonyl (C=O) groups excluding carboxylic acids is 4. The summed E-state index contributed by atoms with van der Waals surface area (Å²) >= 11 is 1.57. The lowest BCUT2D eigenvalue weighted by molar-refractivity contribution is -0.142. The first-order valence-corrected chi connectivity index (χ1v) is 27.1. The van der Waals surface area contributed by atoms with Crippen molar-refractivity contribution in [1.29, 1.82) is 0 Å². The van der Waals surface area contributed by atoms with Gasteiger partial charge in [-0.05, 0) is 56.8 Å². The minimum Gasteiger partial charge on any atom is -0.516 e. The summed E-state index contributed by atoms with van der Waals surface area (Å²) in [7, 11) is -3.06. The van der Waals surface area contributed by atoms with Gasteiger partial charge in [0.15, 0.2) is 5.78 Å². The molecular formula is C59H69N3O5SSi. The third-order valence-electron chi connectivity index (χ3n) is 13.2. The maximum Gasteiger partial charge on any atom is 0.315 e. The van der Waals surface area contributed by atoms with Gasteiger partial charge in [-0.2, -0.15) is 0 Å². The fraction of sp³-hybridized carbons (Fsp3) is 0.322. The van der Waals surface area contributed by atoms with Gasteiger partial charge in [-0.3, -0.25) is 19.2 Å². The Kier molecular flexibility index (Phi) is 17.8. The number of nitrogens with two attached hydrogens (primary N) is 1. The minimum absolute atomic E-state index is 0.185. The third kappa shape index (κ3) is 13.2. The van der Waals surface area contributed by atoms with Crippen molar-refractivity contribution in [3.05, 3.63) is 215 Å². The van der Waals surface area contributed by atoms with E-state index in [1.807, 2.05) is 133 Å². The Morgan fingerprint density at radius 2 is 0.942 bits per heavy atom. The van der Waals surface area contributed by atoms with Crippen molar-refractivity contribution in [1.82, 2.24) is 10.6 Å². The standard InChI is InChI=1S/C59H69N3O5SSi/c1-43(61-55(65)51(60)41-68-59(48-32-20-11-21-33-48,49-34-22-12-23-35-49)50-36-24-13-25-37-50)53(63)40-47(38-44-26-14-8-15-27-44)54(64)62-52(39-45-28-16-9-17-29-45)56(66)67-69(57(2,3)4,58(5,6)7)42-46-30-18-10-19-31-46/h8-37,43,47,51-52H,38-42,60H2,1-7H3,(H,61,65)(H,62,64)/t43-,47+,51-,52-/m0/s1. The first-order valence-electron chi connectivity index (χ1n) is 24.0. The monoisotopic (exact) mass is 959 g/mol. The maximum absolute atomic E-state index is 14.9. The summed E-state index contributed by atoms with van der Waals surface area (Å²) in [4.78, 5) is 57.8. The summed E-state index contributed by atoms with van der Waals surface area (Å²) in [6, 6.07) is 57.4. The predicted molar refractivity (Wildman–Crippen MR) is 284 cm³/mol. The Hall–Kier alpha value is -6.07. The average molecular weight is 960 g/mol. The van der Waals surface area contributed by atoms with Gasteiger partial charge in [0.1, 0.15) is 6.04 Å². The Bertz CT molecular complexity index is 2460. The van der Waals surface area contributed by atoms with Crippen molar-refractivity contribution in [3.8, 4) is 0 Å². The van der Waals surface area contributed by atoms with Crippen LogP contribution in [-0.2, 0) is 47.2 Å². The molecule has 0 fully saturated rings. The van der Waals surface area contributed by atoms with Crippen LogP contribution in [-0.4, -0.2) is 55.8 Å². The molecule has 0 aliphatic heterocycles. The second kappa shape index (κ2) is 23.5. The number of rotatable bonds is 21. The number of benzene rings is 6. The van der Waals surface area contributed by atoms with Crippen molar-refractivity contribution in [2.45, 2.75) is 107 Å². The maximum atomic E-state index is 14.9. The summed E-state index contributed by atoms with van der Waals surface area (Å²) in [5.41, 5.74) is 12.6. The number of amides is 2. The molecule has 4 atom stereocenters. The van der Waals surface area contributed by atoms with Crippen LogP contribution in [0, 0.1) is 5.92 Å². The highest BCUT2D eigenvalue weighted by Gasteiger charge is 2.58. The van der Waals surface area contributed by atoms with Gasteiger partial charge in [-0.1, -0.05) is 224 Å². The zero-order valence-corrected chi connectivity index (χ0v) is 43.0. The third-order valence-corrected chi connectivity index (χ3v) is 21.2. The Balaban J connectivity index is 1.22. The van der Waals surface area contributed by atoms with Gasteiger partial charge >= 0.3 is 5.97 Å². The van der Waals surface area contributed by atoms with Crippen LogP contribution in [0.2, 0.25) is 10.1 Å². The zero-order chi connectivity index (χ0) is 49.7. The van der Waals surface area contributed by atoms with E-state index in [1.165, 1.54) is 0 Å². The quantitative estimate of drug-likeness (QED) is 0.0484. The van der Waals surface area contributed by atoms with Gasteiger partial charge in [0.2, 0.25) is 11.8 Å². The van der Waals surface area contributed by atoms with E-state index in [9.17, 15) is 19.2 Å². The molecule has 360 valence electrons. The molecule has 0 aromatic heterocycles. The van der Waals surface area contributed by atoms with Gasteiger partial charge in [-0.15, -0.1) is 11.8 Å². The van der Waals surface area contributed by atoms with E-state index >= 15 is 0 Å². The van der Waals surface area contributed by atoms with Gasteiger partial charge in [-0.25, -0.2) is 0 Å². The molecule has 0 aliphatic rings. The summed E-state index contributed by atoms with van der Waals surface area (Å²) in [5, 5.41) is 5.22. The summed E-state index contributed by atoms with van der Waals surface area (Å²) < 4.78 is 6.28. The van der Waals surface area contributed by atoms with Gasteiger partial charge in [0.05, 0.1) is 16.8 Å². The highest BCUT2D eigenvalue weighted by atomic mass is 32.2. The van der Waals surface area contributed by atoms with E-state index in [1.54, 1.807) is 18.7 Å². The molecule has 0 saturated carbocycles. The Labute approximate surface area is 415 Å². The van der Waals surface area contributed by atoms with Crippen molar-refractivity contribution in [2.75, 3.05) is 5.75 Å². The van der Waals surface area contributed by atoms with Gasteiger partial charge in [0.25, 0.3) is 8.32 Å². The number of hydrogen-bond acceptors (Lipinski definition) is 7. The number of hydrogen-bond donors (Lipinski definition) is 3. The molecule has 0 radical (unpaired) electrons. The van der Waals surface area contributed by atoms with Crippen LogP contribution in [0.15, 0.2) is 182 Å². The Morgan fingerprint density at radius 3 is 1.36 bits per heavy atom. The number of carbonyl (C=O) groups is 4. The molecule has 0 spiro atoms. The highest BCUT2D eigenvalue weighted by molar-refractivity contribution is 8.00. The normalized spacial score (nSPS) is 13.9. The first kappa shape index (κ1) is 52.3.